The molecular weight excluding hydrogens is 370 g/mol. The third-order valence-corrected chi connectivity index (χ3v) is 4.45. The Bertz CT molecular complexity index is 1020. The zero-order valence-electron chi connectivity index (χ0n) is 16.0. The summed E-state index contributed by atoms with van der Waals surface area (Å²) in [6.07, 6.45) is 3.29. The second-order valence-electron chi connectivity index (χ2n) is 6.63. The number of carbonyl (C=O) groups excluding carboxylic acids is 1. The van der Waals surface area contributed by atoms with E-state index in [0.29, 0.717) is 43.6 Å². The van der Waals surface area contributed by atoms with Crippen LogP contribution in [0.4, 0.5) is 17.6 Å². The first-order valence-electron chi connectivity index (χ1n) is 9.26. The molecule has 9 nitrogen and oxygen atoms in total. The summed E-state index contributed by atoms with van der Waals surface area (Å²) in [6.45, 7) is 4.17. The predicted octanol–water partition coefficient (Wildman–Crippen LogP) is 1.98. The summed E-state index contributed by atoms with van der Waals surface area (Å²) in [4.78, 5) is 31.1. The highest BCUT2D eigenvalue weighted by Crippen LogP contribution is 2.28. The second kappa shape index (κ2) is 8.19. The van der Waals surface area contributed by atoms with Crippen molar-refractivity contribution in [3.05, 3.63) is 42.7 Å². The third-order valence-electron chi connectivity index (χ3n) is 4.45. The summed E-state index contributed by atoms with van der Waals surface area (Å²) in [5, 5.41) is 2.80. The van der Waals surface area contributed by atoms with Crippen molar-refractivity contribution < 1.29 is 9.53 Å². The van der Waals surface area contributed by atoms with Crippen molar-refractivity contribution in [2.45, 2.75) is 6.92 Å². The molecule has 29 heavy (non-hydrogen) atoms. The van der Waals surface area contributed by atoms with Gasteiger partial charge in [-0.05, 0) is 18.2 Å². The zero-order valence-corrected chi connectivity index (χ0v) is 16.0. The van der Waals surface area contributed by atoms with Gasteiger partial charge >= 0.3 is 0 Å². The van der Waals surface area contributed by atoms with E-state index in [9.17, 15) is 4.79 Å². The van der Waals surface area contributed by atoms with Crippen LogP contribution in [-0.2, 0) is 9.53 Å². The smallest absolute Gasteiger partial charge is 0.226 e. The van der Waals surface area contributed by atoms with Crippen LogP contribution in [0.3, 0.4) is 0 Å². The van der Waals surface area contributed by atoms with Gasteiger partial charge in [0.25, 0.3) is 0 Å². The number of nitrogens with one attached hydrogen (secondary N) is 1. The summed E-state index contributed by atoms with van der Waals surface area (Å²) in [6, 6.07) is 9.43. The Hall–Kier alpha value is -3.59. The van der Waals surface area contributed by atoms with Crippen LogP contribution in [-0.4, -0.2) is 52.1 Å². The number of aromatic nitrogens is 4. The monoisotopic (exact) mass is 391 g/mol. The van der Waals surface area contributed by atoms with Crippen molar-refractivity contribution in [2.75, 3.05) is 42.3 Å². The van der Waals surface area contributed by atoms with Gasteiger partial charge in [0.05, 0.1) is 24.6 Å². The zero-order chi connectivity index (χ0) is 20.2. The minimum atomic E-state index is -0.126. The summed E-state index contributed by atoms with van der Waals surface area (Å²) in [5.74, 6) is 0.695. The van der Waals surface area contributed by atoms with Gasteiger partial charge in [0.1, 0.15) is 0 Å². The summed E-state index contributed by atoms with van der Waals surface area (Å²) in [5.41, 5.74) is 9.37. The lowest BCUT2D eigenvalue weighted by Gasteiger charge is -2.27. The van der Waals surface area contributed by atoms with Gasteiger partial charge in [-0.1, -0.05) is 12.1 Å². The van der Waals surface area contributed by atoms with Crippen LogP contribution in [0, 0.1) is 0 Å². The van der Waals surface area contributed by atoms with Crippen LogP contribution in [0.2, 0.25) is 0 Å². The van der Waals surface area contributed by atoms with E-state index in [1.807, 2.05) is 30.3 Å². The molecule has 0 atom stereocenters. The van der Waals surface area contributed by atoms with Crippen molar-refractivity contribution in [1.82, 2.24) is 19.9 Å². The number of rotatable bonds is 4. The van der Waals surface area contributed by atoms with Gasteiger partial charge < -0.3 is 20.7 Å². The van der Waals surface area contributed by atoms with Gasteiger partial charge in [-0.25, -0.2) is 19.9 Å². The molecular formula is C20H21N7O2. The Morgan fingerprint density at radius 3 is 2.45 bits per heavy atom. The molecule has 0 aliphatic carbocycles. The minimum Gasteiger partial charge on any atom is -0.378 e. The largest absolute Gasteiger partial charge is 0.378 e. The van der Waals surface area contributed by atoms with Crippen LogP contribution in [0.25, 0.3) is 22.5 Å². The summed E-state index contributed by atoms with van der Waals surface area (Å²) in [7, 11) is 0. The average molecular weight is 391 g/mol. The average Bonchev–Trinajstić information content (AvgIpc) is 2.74. The van der Waals surface area contributed by atoms with Crippen LogP contribution in [0.1, 0.15) is 6.92 Å². The highest BCUT2D eigenvalue weighted by molar-refractivity contribution is 5.89. The second-order valence-corrected chi connectivity index (χ2v) is 6.63. The SMILES string of the molecule is CC(=O)Nc1cccc(-c2cc(-c3cnc(N)nc3)nc(N3CCOCC3)n2)c1. The number of nitrogens with two attached hydrogens (primary N) is 1. The van der Waals surface area contributed by atoms with Gasteiger partial charge in [-0.3, -0.25) is 4.79 Å². The minimum absolute atomic E-state index is 0.126. The molecule has 1 saturated heterocycles. The van der Waals surface area contributed by atoms with E-state index in [-0.39, 0.29) is 11.9 Å². The number of hydrogen-bond donors (Lipinski definition) is 2. The first-order chi connectivity index (χ1) is 14.1. The standard InChI is InChI=1S/C20H21N7O2/c1-13(28)24-16-4-2-3-14(9-16)17-10-18(15-11-22-19(21)23-12-15)26-20(25-17)27-5-7-29-8-6-27/h2-4,9-12H,5-8H2,1H3,(H,24,28)(H2,21,22,23). The fourth-order valence-electron chi connectivity index (χ4n) is 3.06. The topological polar surface area (TPSA) is 119 Å². The lowest BCUT2D eigenvalue weighted by molar-refractivity contribution is -0.114. The quantitative estimate of drug-likeness (QED) is 0.693. The van der Waals surface area contributed by atoms with Crippen molar-refractivity contribution in [3.8, 4) is 22.5 Å². The molecule has 0 bridgehead atoms. The van der Waals surface area contributed by atoms with E-state index >= 15 is 0 Å². The molecule has 1 amide bonds. The maximum absolute atomic E-state index is 11.4. The van der Waals surface area contributed by atoms with Gasteiger partial charge in [-0.2, -0.15) is 0 Å². The van der Waals surface area contributed by atoms with E-state index in [1.165, 1.54) is 6.92 Å². The molecule has 4 rings (SSSR count). The summed E-state index contributed by atoms with van der Waals surface area (Å²) < 4.78 is 5.45. The first kappa shape index (κ1) is 18.8. The van der Waals surface area contributed by atoms with Crippen molar-refractivity contribution in [1.29, 1.82) is 0 Å². The molecule has 2 aromatic heterocycles. The number of carbonyl (C=O) groups is 1. The highest BCUT2D eigenvalue weighted by Gasteiger charge is 2.17. The van der Waals surface area contributed by atoms with E-state index in [0.717, 1.165) is 16.8 Å². The highest BCUT2D eigenvalue weighted by atomic mass is 16.5. The van der Waals surface area contributed by atoms with E-state index in [1.54, 1.807) is 12.4 Å². The molecule has 1 aliphatic heterocycles. The van der Waals surface area contributed by atoms with Crippen LogP contribution < -0.4 is 16.0 Å². The normalized spacial score (nSPS) is 13.9. The Labute approximate surface area is 168 Å². The van der Waals surface area contributed by atoms with Gasteiger partial charge in [0.15, 0.2) is 0 Å². The first-order valence-corrected chi connectivity index (χ1v) is 9.26. The number of hydrogen-bond acceptors (Lipinski definition) is 8. The lowest BCUT2D eigenvalue weighted by Crippen LogP contribution is -2.37. The maximum atomic E-state index is 11.4. The fraction of sp³-hybridized carbons (Fsp3) is 0.250. The molecule has 148 valence electrons. The molecule has 3 N–H and O–H groups in total. The lowest BCUT2D eigenvalue weighted by atomic mass is 10.1. The van der Waals surface area contributed by atoms with Crippen LogP contribution in [0.5, 0.6) is 0 Å². The molecule has 0 unspecified atom stereocenters. The number of nitrogen functional groups attached to an aromatic ring is 1. The number of ether oxygens (including phenoxy) is 1. The van der Waals surface area contributed by atoms with Gasteiger partial charge in [0.2, 0.25) is 17.8 Å². The number of amides is 1. The van der Waals surface area contributed by atoms with Crippen molar-refractivity contribution in [2.24, 2.45) is 0 Å². The molecule has 3 aromatic rings. The van der Waals surface area contributed by atoms with Gasteiger partial charge in [-0.15, -0.1) is 0 Å². The maximum Gasteiger partial charge on any atom is 0.226 e. The van der Waals surface area contributed by atoms with E-state index < -0.39 is 0 Å². The number of benzene rings is 1. The fourth-order valence-corrected chi connectivity index (χ4v) is 3.06. The molecule has 0 saturated carbocycles. The number of nitrogens with zero attached hydrogens (tertiary/aromatic N) is 5. The molecule has 3 heterocycles. The van der Waals surface area contributed by atoms with Crippen molar-refractivity contribution in [3.63, 3.8) is 0 Å². The summed E-state index contributed by atoms with van der Waals surface area (Å²) >= 11 is 0. The third kappa shape index (κ3) is 4.46. The Balaban J connectivity index is 1.79. The van der Waals surface area contributed by atoms with Crippen molar-refractivity contribution >= 4 is 23.5 Å². The van der Waals surface area contributed by atoms with Crippen LogP contribution >= 0.6 is 0 Å². The molecule has 1 fully saturated rings. The Kier molecular flexibility index (Phi) is 5.30. The molecule has 0 radical (unpaired) electrons. The molecule has 0 spiro atoms. The Morgan fingerprint density at radius 2 is 1.76 bits per heavy atom. The Morgan fingerprint density at radius 1 is 1.07 bits per heavy atom. The molecule has 1 aromatic carbocycles. The van der Waals surface area contributed by atoms with E-state index in [2.05, 4.69) is 20.2 Å². The molecule has 9 heteroatoms. The van der Waals surface area contributed by atoms with Crippen LogP contribution in [0.15, 0.2) is 42.7 Å². The number of anilines is 3. The van der Waals surface area contributed by atoms with Gasteiger partial charge in [0, 0.05) is 49.2 Å². The molecule has 1 aliphatic rings. The van der Waals surface area contributed by atoms with E-state index in [4.69, 9.17) is 20.4 Å². The number of morpholine rings is 1. The predicted molar refractivity (Wildman–Crippen MR) is 110 cm³/mol.